The number of hydrogen-bond acceptors (Lipinski definition) is 3. The Bertz CT molecular complexity index is 364. The Labute approximate surface area is 80.8 Å². The van der Waals surface area contributed by atoms with E-state index in [2.05, 4.69) is 38.4 Å². The molecule has 0 aliphatic heterocycles. The molecular weight excluding hydrogens is 182 g/mol. The van der Waals surface area contributed by atoms with Crippen molar-refractivity contribution in [1.29, 1.82) is 0 Å². The smallest absolute Gasteiger partial charge is 0.0932 e. The molecule has 2 aromatic rings. The number of aromatic amines is 1. The summed E-state index contributed by atoms with van der Waals surface area (Å²) in [5.74, 6) is 0. The molecule has 0 aliphatic rings. The Morgan fingerprint density at radius 2 is 2.54 bits per heavy atom. The molecule has 0 aromatic carbocycles. The molecule has 68 valence electrons. The van der Waals surface area contributed by atoms with Gasteiger partial charge in [0.1, 0.15) is 0 Å². The zero-order valence-electron chi connectivity index (χ0n) is 7.37. The van der Waals surface area contributed by atoms with E-state index in [1.807, 2.05) is 7.05 Å². The summed E-state index contributed by atoms with van der Waals surface area (Å²) in [5, 5.41) is 14.4. The van der Waals surface area contributed by atoms with Crippen LogP contribution in [0.4, 0.5) is 0 Å². The summed E-state index contributed by atoms with van der Waals surface area (Å²) in [4.78, 5) is 0. The number of aromatic nitrogens is 2. The number of hydrogen-bond donors (Lipinski definition) is 2. The van der Waals surface area contributed by atoms with Crippen molar-refractivity contribution in [3.8, 4) is 11.3 Å². The molecular formula is C9H11N3S. The number of nitrogens with one attached hydrogen (secondary N) is 2. The van der Waals surface area contributed by atoms with Gasteiger partial charge in [-0.15, -0.1) is 0 Å². The lowest BCUT2D eigenvalue weighted by molar-refractivity contribution is 0.784. The van der Waals surface area contributed by atoms with Crippen LogP contribution in [0.15, 0.2) is 22.9 Å². The zero-order valence-corrected chi connectivity index (χ0v) is 8.19. The van der Waals surface area contributed by atoms with Crippen molar-refractivity contribution in [2.24, 2.45) is 0 Å². The second kappa shape index (κ2) is 3.72. The Morgan fingerprint density at radius 1 is 1.62 bits per heavy atom. The summed E-state index contributed by atoms with van der Waals surface area (Å²) in [6, 6.07) is 4.14. The fraction of sp³-hybridized carbons (Fsp3) is 0.222. The molecule has 0 fully saturated rings. The number of thiophene rings is 1. The Balaban J connectivity index is 2.23. The van der Waals surface area contributed by atoms with Crippen LogP contribution in [-0.4, -0.2) is 17.2 Å². The van der Waals surface area contributed by atoms with Crippen LogP contribution in [0, 0.1) is 0 Å². The lowest BCUT2D eigenvalue weighted by Gasteiger charge is -1.90. The van der Waals surface area contributed by atoms with Gasteiger partial charge in [0.2, 0.25) is 0 Å². The predicted molar refractivity (Wildman–Crippen MR) is 54.7 cm³/mol. The van der Waals surface area contributed by atoms with Crippen molar-refractivity contribution in [3.05, 3.63) is 28.6 Å². The van der Waals surface area contributed by atoms with Crippen molar-refractivity contribution in [3.63, 3.8) is 0 Å². The van der Waals surface area contributed by atoms with Crippen LogP contribution in [0.3, 0.4) is 0 Å². The fourth-order valence-corrected chi connectivity index (χ4v) is 1.85. The van der Waals surface area contributed by atoms with E-state index in [4.69, 9.17) is 0 Å². The molecule has 0 amide bonds. The Kier molecular flexibility index (Phi) is 2.42. The van der Waals surface area contributed by atoms with Crippen molar-refractivity contribution in [2.45, 2.75) is 6.54 Å². The van der Waals surface area contributed by atoms with E-state index in [1.165, 1.54) is 5.56 Å². The normalized spacial score (nSPS) is 10.5. The summed E-state index contributed by atoms with van der Waals surface area (Å²) in [7, 11) is 1.92. The highest BCUT2D eigenvalue weighted by molar-refractivity contribution is 7.08. The molecule has 13 heavy (non-hydrogen) atoms. The molecule has 0 spiro atoms. The van der Waals surface area contributed by atoms with Gasteiger partial charge in [-0.3, -0.25) is 5.10 Å². The average Bonchev–Trinajstić information content (AvgIpc) is 2.70. The average molecular weight is 193 g/mol. The van der Waals surface area contributed by atoms with Crippen LogP contribution >= 0.6 is 11.3 Å². The summed E-state index contributed by atoms with van der Waals surface area (Å²) in [6.45, 7) is 0.830. The molecule has 0 saturated heterocycles. The van der Waals surface area contributed by atoms with E-state index in [1.54, 1.807) is 11.3 Å². The highest BCUT2D eigenvalue weighted by atomic mass is 32.1. The van der Waals surface area contributed by atoms with E-state index >= 15 is 0 Å². The van der Waals surface area contributed by atoms with Gasteiger partial charge in [0.25, 0.3) is 0 Å². The maximum absolute atomic E-state index is 4.22. The highest BCUT2D eigenvalue weighted by Crippen LogP contribution is 2.20. The van der Waals surface area contributed by atoms with Crippen LogP contribution in [-0.2, 0) is 6.54 Å². The Hall–Kier alpha value is -1.13. The molecule has 0 unspecified atom stereocenters. The van der Waals surface area contributed by atoms with E-state index in [-0.39, 0.29) is 0 Å². The lowest BCUT2D eigenvalue weighted by Crippen LogP contribution is -2.04. The molecule has 2 rings (SSSR count). The second-order valence-electron chi connectivity index (χ2n) is 2.82. The van der Waals surface area contributed by atoms with Gasteiger partial charge in [-0.25, -0.2) is 0 Å². The molecule has 3 nitrogen and oxygen atoms in total. The number of H-pyrrole nitrogens is 1. The van der Waals surface area contributed by atoms with Crippen molar-refractivity contribution < 1.29 is 0 Å². The zero-order chi connectivity index (χ0) is 9.10. The van der Waals surface area contributed by atoms with Gasteiger partial charge >= 0.3 is 0 Å². The van der Waals surface area contributed by atoms with Crippen LogP contribution < -0.4 is 5.32 Å². The minimum absolute atomic E-state index is 0.830. The minimum Gasteiger partial charge on any atom is -0.314 e. The van der Waals surface area contributed by atoms with E-state index in [0.717, 1.165) is 17.9 Å². The molecule has 2 heterocycles. The van der Waals surface area contributed by atoms with Gasteiger partial charge in [-0.05, 0) is 24.6 Å². The first-order valence-electron chi connectivity index (χ1n) is 4.11. The highest BCUT2D eigenvalue weighted by Gasteiger charge is 2.02. The molecule has 0 aliphatic carbocycles. The monoisotopic (exact) mass is 193 g/mol. The summed E-state index contributed by atoms with van der Waals surface area (Å²) < 4.78 is 0. The van der Waals surface area contributed by atoms with Crippen molar-refractivity contribution in [2.75, 3.05) is 7.05 Å². The molecule has 0 radical (unpaired) electrons. The molecule has 2 N–H and O–H groups in total. The third kappa shape index (κ3) is 1.79. The topological polar surface area (TPSA) is 40.7 Å². The third-order valence-corrected chi connectivity index (χ3v) is 2.50. The molecule has 0 atom stereocenters. The van der Waals surface area contributed by atoms with Crippen LogP contribution in [0.1, 0.15) is 5.69 Å². The maximum atomic E-state index is 4.22. The van der Waals surface area contributed by atoms with Crippen LogP contribution in [0.5, 0.6) is 0 Å². The first-order chi connectivity index (χ1) is 6.40. The largest absolute Gasteiger partial charge is 0.314 e. The first kappa shape index (κ1) is 8.47. The second-order valence-corrected chi connectivity index (χ2v) is 3.60. The van der Waals surface area contributed by atoms with E-state index in [9.17, 15) is 0 Å². The van der Waals surface area contributed by atoms with E-state index in [0.29, 0.717) is 0 Å². The number of nitrogens with zero attached hydrogens (tertiary/aromatic N) is 1. The van der Waals surface area contributed by atoms with Gasteiger partial charge in [-0.1, -0.05) is 0 Å². The molecule has 2 aromatic heterocycles. The van der Waals surface area contributed by atoms with Gasteiger partial charge in [-0.2, -0.15) is 16.4 Å². The molecule has 4 heteroatoms. The minimum atomic E-state index is 0.830. The van der Waals surface area contributed by atoms with E-state index < -0.39 is 0 Å². The third-order valence-electron chi connectivity index (χ3n) is 1.82. The quantitative estimate of drug-likeness (QED) is 0.781. The summed E-state index contributed by atoms with van der Waals surface area (Å²) >= 11 is 1.69. The molecule has 0 bridgehead atoms. The standard InChI is InChI=1S/C9H11N3S/c1-10-5-8-4-9(12-11-8)7-2-3-13-6-7/h2-4,6,10H,5H2,1H3,(H,11,12). The van der Waals surface area contributed by atoms with Gasteiger partial charge in [0.15, 0.2) is 0 Å². The van der Waals surface area contributed by atoms with Gasteiger partial charge < -0.3 is 5.32 Å². The van der Waals surface area contributed by atoms with Crippen molar-refractivity contribution >= 4 is 11.3 Å². The van der Waals surface area contributed by atoms with Gasteiger partial charge in [0.05, 0.1) is 5.69 Å². The lowest BCUT2D eigenvalue weighted by atomic mass is 10.2. The SMILES string of the molecule is CNCc1cc(-c2ccsc2)n[nH]1. The van der Waals surface area contributed by atoms with Crippen molar-refractivity contribution in [1.82, 2.24) is 15.5 Å². The predicted octanol–water partition coefficient (Wildman–Crippen LogP) is 1.86. The van der Waals surface area contributed by atoms with Crippen LogP contribution in [0.25, 0.3) is 11.3 Å². The van der Waals surface area contributed by atoms with Gasteiger partial charge in [0, 0.05) is 23.2 Å². The Morgan fingerprint density at radius 3 is 3.23 bits per heavy atom. The first-order valence-corrected chi connectivity index (χ1v) is 5.06. The summed E-state index contributed by atoms with van der Waals surface area (Å²) in [6.07, 6.45) is 0. The molecule has 0 saturated carbocycles. The maximum Gasteiger partial charge on any atom is 0.0932 e. The fourth-order valence-electron chi connectivity index (χ4n) is 1.20. The summed E-state index contributed by atoms with van der Waals surface area (Å²) in [5.41, 5.74) is 3.32. The van der Waals surface area contributed by atoms with Crippen LogP contribution in [0.2, 0.25) is 0 Å². The number of rotatable bonds is 3.